The highest BCUT2D eigenvalue weighted by atomic mass is 32.1. The predicted octanol–water partition coefficient (Wildman–Crippen LogP) is 2.46. The van der Waals surface area contributed by atoms with Gasteiger partial charge in [-0.15, -0.1) is 0 Å². The lowest BCUT2D eigenvalue weighted by Gasteiger charge is -2.14. The summed E-state index contributed by atoms with van der Waals surface area (Å²) in [7, 11) is 0. The van der Waals surface area contributed by atoms with Crippen LogP contribution in [-0.2, 0) is 22.6 Å². The minimum absolute atomic E-state index is 0.105. The second-order valence-corrected chi connectivity index (χ2v) is 5.53. The molecule has 0 saturated carbocycles. The highest BCUT2D eigenvalue weighted by molar-refractivity contribution is 7.05. The van der Waals surface area contributed by atoms with Crippen LogP contribution in [0.15, 0.2) is 42.6 Å². The summed E-state index contributed by atoms with van der Waals surface area (Å²) in [5.74, 6) is -1.08. The number of carboxylic acids is 1. The molecule has 0 fully saturated rings. The molecule has 7 heteroatoms. The number of nitrogens with zero attached hydrogens (tertiary/aromatic N) is 1. The molecule has 0 spiro atoms. The Bertz CT molecular complexity index is 601. The molecule has 22 heavy (non-hydrogen) atoms. The molecule has 1 aromatic carbocycles. The summed E-state index contributed by atoms with van der Waals surface area (Å²) in [5.41, 5.74) is 0.842. The highest BCUT2D eigenvalue weighted by Gasteiger charge is 2.20. The van der Waals surface area contributed by atoms with E-state index in [2.05, 4.69) is 9.69 Å². The first-order valence-corrected chi connectivity index (χ1v) is 7.52. The topological polar surface area (TPSA) is 88.5 Å². The van der Waals surface area contributed by atoms with Gasteiger partial charge < -0.3 is 15.2 Å². The van der Waals surface area contributed by atoms with E-state index in [1.54, 1.807) is 6.20 Å². The first kappa shape index (κ1) is 16.0. The second-order valence-electron chi connectivity index (χ2n) is 4.61. The van der Waals surface area contributed by atoms with Crippen LogP contribution in [0.1, 0.15) is 16.9 Å². The summed E-state index contributed by atoms with van der Waals surface area (Å²) in [6.45, 7) is 0.105. The average molecular weight is 320 g/mol. The minimum atomic E-state index is -1.08. The SMILES string of the molecule is O=C(NC(CCc1ccns1)C(=O)O)OCc1ccccc1. The molecule has 0 radical (unpaired) electrons. The number of amides is 1. The van der Waals surface area contributed by atoms with Gasteiger partial charge in [0.25, 0.3) is 0 Å². The van der Waals surface area contributed by atoms with E-state index < -0.39 is 18.1 Å². The van der Waals surface area contributed by atoms with Crippen LogP contribution in [0.5, 0.6) is 0 Å². The summed E-state index contributed by atoms with van der Waals surface area (Å²) < 4.78 is 8.97. The number of hydrogen-bond donors (Lipinski definition) is 2. The normalized spacial score (nSPS) is 11.6. The summed E-state index contributed by atoms with van der Waals surface area (Å²) in [5, 5.41) is 11.5. The Morgan fingerprint density at radius 3 is 2.68 bits per heavy atom. The maximum absolute atomic E-state index is 11.7. The number of ether oxygens (including phenoxy) is 1. The van der Waals surface area contributed by atoms with Crippen molar-refractivity contribution in [1.82, 2.24) is 9.69 Å². The van der Waals surface area contributed by atoms with Gasteiger partial charge in [0.05, 0.1) is 0 Å². The molecule has 0 aliphatic heterocycles. The molecule has 6 nitrogen and oxygen atoms in total. The standard InChI is InChI=1S/C15H16N2O4S/c18-14(19)13(7-6-12-8-9-16-22-12)17-15(20)21-10-11-4-2-1-3-5-11/h1-5,8-9,13H,6-7,10H2,(H,17,20)(H,18,19). The van der Waals surface area contributed by atoms with Gasteiger partial charge in [0.2, 0.25) is 0 Å². The van der Waals surface area contributed by atoms with Crippen molar-refractivity contribution in [3.63, 3.8) is 0 Å². The van der Waals surface area contributed by atoms with E-state index in [1.807, 2.05) is 36.4 Å². The summed E-state index contributed by atoms with van der Waals surface area (Å²) >= 11 is 1.32. The first-order valence-electron chi connectivity index (χ1n) is 6.74. The summed E-state index contributed by atoms with van der Waals surface area (Å²) in [6.07, 6.45) is 1.76. The Morgan fingerprint density at radius 2 is 2.05 bits per heavy atom. The van der Waals surface area contributed by atoms with Crippen molar-refractivity contribution < 1.29 is 19.4 Å². The first-order chi connectivity index (χ1) is 10.6. The molecule has 1 amide bonds. The van der Waals surface area contributed by atoms with Crippen molar-refractivity contribution in [1.29, 1.82) is 0 Å². The summed E-state index contributed by atoms with van der Waals surface area (Å²) in [6, 6.07) is 10.0. The number of aromatic nitrogens is 1. The van der Waals surface area contributed by atoms with E-state index in [9.17, 15) is 9.59 Å². The number of aliphatic carboxylic acids is 1. The summed E-state index contributed by atoms with van der Waals surface area (Å²) in [4.78, 5) is 23.8. The average Bonchev–Trinajstić information content (AvgIpc) is 3.03. The zero-order valence-electron chi connectivity index (χ0n) is 11.8. The zero-order chi connectivity index (χ0) is 15.8. The minimum Gasteiger partial charge on any atom is -0.480 e. The fourth-order valence-corrected chi connectivity index (χ4v) is 2.41. The maximum atomic E-state index is 11.7. The Hall–Kier alpha value is -2.41. The van der Waals surface area contributed by atoms with Gasteiger partial charge in [-0.25, -0.2) is 14.0 Å². The van der Waals surface area contributed by atoms with Crippen LogP contribution in [0.25, 0.3) is 0 Å². The van der Waals surface area contributed by atoms with Gasteiger partial charge in [-0.2, -0.15) is 0 Å². The Kier molecular flexibility index (Phi) is 5.91. The lowest BCUT2D eigenvalue weighted by Crippen LogP contribution is -2.41. The second kappa shape index (κ2) is 8.14. The lowest BCUT2D eigenvalue weighted by atomic mass is 10.1. The smallest absolute Gasteiger partial charge is 0.408 e. The zero-order valence-corrected chi connectivity index (χ0v) is 12.6. The molecule has 2 aromatic rings. The molecule has 1 aromatic heterocycles. The van der Waals surface area contributed by atoms with Crippen molar-refractivity contribution >= 4 is 23.6 Å². The van der Waals surface area contributed by atoms with E-state index in [1.165, 1.54) is 11.5 Å². The molecule has 0 bridgehead atoms. The van der Waals surface area contributed by atoms with E-state index in [4.69, 9.17) is 9.84 Å². The molecule has 0 saturated heterocycles. The number of carbonyl (C=O) groups excluding carboxylic acids is 1. The molecular formula is C15H16N2O4S. The molecule has 116 valence electrons. The molecular weight excluding hydrogens is 304 g/mol. The fourth-order valence-electron chi connectivity index (χ4n) is 1.82. The van der Waals surface area contributed by atoms with Crippen molar-refractivity contribution in [3.05, 3.63) is 53.0 Å². The van der Waals surface area contributed by atoms with Crippen LogP contribution >= 0.6 is 11.5 Å². The molecule has 1 unspecified atom stereocenters. The van der Waals surface area contributed by atoms with Crippen molar-refractivity contribution in [3.8, 4) is 0 Å². The largest absolute Gasteiger partial charge is 0.480 e. The highest BCUT2D eigenvalue weighted by Crippen LogP contribution is 2.10. The molecule has 1 heterocycles. The number of hydrogen-bond acceptors (Lipinski definition) is 5. The van der Waals surface area contributed by atoms with Crippen LogP contribution in [0.3, 0.4) is 0 Å². The van der Waals surface area contributed by atoms with E-state index in [-0.39, 0.29) is 13.0 Å². The van der Waals surface area contributed by atoms with Gasteiger partial charge in [-0.3, -0.25) is 0 Å². The van der Waals surface area contributed by atoms with Crippen molar-refractivity contribution in [2.75, 3.05) is 0 Å². The van der Waals surface area contributed by atoms with E-state index >= 15 is 0 Å². The third kappa shape index (κ3) is 5.17. The molecule has 0 aliphatic carbocycles. The van der Waals surface area contributed by atoms with Crippen LogP contribution in [-0.4, -0.2) is 27.6 Å². The van der Waals surface area contributed by atoms with Crippen LogP contribution in [0.4, 0.5) is 4.79 Å². The lowest BCUT2D eigenvalue weighted by molar-refractivity contribution is -0.139. The van der Waals surface area contributed by atoms with Gasteiger partial charge in [-0.05, 0) is 36.0 Å². The van der Waals surface area contributed by atoms with E-state index in [0.717, 1.165) is 10.4 Å². The molecule has 2 N–H and O–H groups in total. The fraction of sp³-hybridized carbons (Fsp3) is 0.267. The van der Waals surface area contributed by atoms with E-state index in [0.29, 0.717) is 6.42 Å². The molecule has 0 aliphatic rings. The number of rotatable bonds is 7. The Labute approximate surface area is 131 Å². The number of aryl methyl sites for hydroxylation is 1. The maximum Gasteiger partial charge on any atom is 0.408 e. The van der Waals surface area contributed by atoms with Crippen LogP contribution < -0.4 is 5.32 Å². The third-order valence-corrected chi connectivity index (χ3v) is 3.78. The molecule has 2 rings (SSSR count). The van der Waals surface area contributed by atoms with Crippen molar-refractivity contribution in [2.24, 2.45) is 0 Å². The van der Waals surface area contributed by atoms with Gasteiger partial charge in [0, 0.05) is 11.1 Å². The number of alkyl carbamates (subject to hydrolysis) is 1. The van der Waals surface area contributed by atoms with Gasteiger partial charge in [-0.1, -0.05) is 30.3 Å². The number of benzene rings is 1. The Balaban J connectivity index is 1.79. The third-order valence-electron chi connectivity index (χ3n) is 2.97. The quantitative estimate of drug-likeness (QED) is 0.818. The van der Waals surface area contributed by atoms with Gasteiger partial charge in [0.15, 0.2) is 0 Å². The number of carbonyl (C=O) groups is 2. The molecule has 1 atom stereocenters. The van der Waals surface area contributed by atoms with Crippen LogP contribution in [0, 0.1) is 0 Å². The van der Waals surface area contributed by atoms with Crippen molar-refractivity contribution in [2.45, 2.75) is 25.5 Å². The van der Waals surface area contributed by atoms with Gasteiger partial charge >= 0.3 is 12.1 Å². The number of carboxylic acid groups (broad SMARTS) is 1. The predicted molar refractivity (Wildman–Crippen MR) is 81.6 cm³/mol. The van der Waals surface area contributed by atoms with Gasteiger partial charge in [0.1, 0.15) is 12.6 Å². The number of nitrogens with one attached hydrogen (secondary N) is 1. The monoisotopic (exact) mass is 320 g/mol. The Morgan fingerprint density at radius 1 is 1.27 bits per heavy atom. The van der Waals surface area contributed by atoms with Crippen LogP contribution in [0.2, 0.25) is 0 Å².